The first-order valence-corrected chi connectivity index (χ1v) is 12.5. The summed E-state index contributed by atoms with van der Waals surface area (Å²) in [5.74, 6) is 1.69. The summed E-state index contributed by atoms with van der Waals surface area (Å²) in [5.41, 5.74) is 4.14. The molecule has 4 saturated carbocycles. The summed E-state index contributed by atoms with van der Waals surface area (Å²) < 4.78 is 5.78. The Bertz CT molecular complexity index is 664. The predicted molar refractivity (Wildman–Crippen MR) is 118 cm³/mol. The fourth-order valence-corrected chi connectivity index (χ4v) is 7.30. The normalized spacial score (nSPS) is 42.5. The van der Waals surface area contributed by atoms with Crippen molar-refractivity contribution in [1.82, 2.24) is 4.90 Å². The van der Waals surface area contributed by atoms with E-state index < -0.39 is 0 Å². The van der Waals surface area contributed by atoms with Crippen molar-refractivity contribution in [2.45, 2.75) is 95.6 Å². The van der Waals surface area contributed by atoms with Gasteiger partial charge < -0.3 is 9.84 Å². The smallest absolute Gasteiger partial charge is 0.0651 e. The lowest BCUT2D eigenvalue weighted by molar-refractivity contribution is -0.0253. The number of nitrogens with zero attached hydrogens (tertiary/aromatic N) is 1. The molecule has 0 aromatic rings. The second kappa shape index (κ2) is 8.13. The van der Waals surface area contributed by atoms with Gasteiger partial charge in [0.15, 0.2) is 0 Å². The van der Waals surface area contributed by atoms with Crippen LogP contribution in [0, 0.1) is 17.3 Å². The fraction of sp³-hybridized carbons (Fsp3) is 0.846. The molecular formula is C26H41NO2. The minimum atomic E-state index is -0.101. The first kappa shape index (κ1) is 20.3. The summed E-state index contributed by atoms with van der Waals surface area (Å²) >= 11 is 0. The molecule has 4 atom stereocenters. The molecule has 0 aromatic heterocycles. The van der Waals surface area contributed by atoms with Crippen LogP contribution in [0.25, 0.3) is 0 Å². The van der Waals surface area contributed by atoms with E-state index in [1.807, 2.05) is 0 Å². The van der Waals surface area contributed by atoms with Gasteiger partial charge in [0.1, 0.15) is 0 Å². The molecule has 1 aliphatic heterocycles. The van der Waals surface area contributed by atoms with E-state index in [1.54, 1.807) is 5.57 Å². The van der Waals surface area contributed by atoms with Gasteiger partial charge in [0.05, 0.1) is 19.3 Å². The standard InChI is InChI=1S/C26H41NO2/c1-25-12-3-5-21(8-7-20-4-2-6-23(28)18-20)24(25)10-9-22(25)11-15-27-16-17-29-19-26(27)13-14-26/h7-8,22-24,28H,2-6,9-19H2,1H3/b20-7-,21-8+/t22-,23+,24?,25?/m1/s1. The van der Waals surface area contributed by atoms with E-state index in [4.69, 9.17) is 4.74 Å². The summed E-state index contributed by atoms with van der Waals surface area (Å²) in [4.78, 5) is 2.78. The van der Waals surface area contributed by atoms with E-state index in [9.17, 15) is 5.11 Å². The lowest BCUT2D eigenvalue weighted by Crippen LogP contribution is -2.48. The van der Waals surface area contributed by atoms with Gasteiger partial charge in [-0.05, 0) is 101 Å². The van der Waals surface area contributed by atoms with Crippen LogP contribution in [0.15, 0.2) is 23.3 Å². The molecule has 0 radical (unpaired) electrons. The Morgan fingerprint density at radius 2 is 2.00 bits per heavy atom. The quantitative estimate of drug-likeness (QED) is 0.701. The van der Waals surface area contributed by atoms with Crippen molar-refractivity contribution in [1.29, 1.82) is 0 Å². The Labute approximate surface area is 177 Å². The molecule has 5 fully saturated rings. The number of allylic oxidation sites excluding steroid dienone is 3. The average Bonchev–Trinajstić information content (AvgIpc) is 3.40. The maximum atomic E-state index is 9.98. The first-order chi connectivity index (χ1) is 14.1. The zero-order valence-electron chi connectivity index (χ0n) is 18.5. The highest BCUT2D eigenvalue weighted by Gasteiger charge is 2.52. The minimum absolute atomic E-state index is 0.101. The van der Waals surface area contributed by atoms with Crippen LogP contribution in [-0.4, -0.2) is 48.0 Å². The SMILES string of the molecule is CC12CCC/C(=C\C=C3\CCC[C@H](O)C3)C1CC[C@@H]2CCN1CCOCC12CC2. The van der Waals surface area contributed by atoms with Gasteiger partial charge in [-0.1, -0.05) is 30.2 Å². The van der Waals surface area contributed by atoms with Crippen molar-refractivity contribution in [3.63, 3.8) is 0 Å². The van der Waals surface area contributed by atoms with E-state index in [-0.39, 0.29) is 6.10 Å². The van der Waals surface area contributed by atoms with Crippen LogP contribution in [-0.2, 0) is 4.74 Å². The third-order valence-electron chi connectivity index (χ3n) is 9.35. The summed E-state index contributed by atoms with van der Waals surface area (Å²) in [7, 11) is 0. The number of hydrogen-bond acceptors (Lipinski definition) is 3. The van der Waals surface area contributed by atoms with Crippen molar-refractivity contribution in [2.75, 3.05) is 26.3 Å². The molecule has 29 heavy (non-hydrogen) atoms. The lowest BCUT2D eigenvalue weighted by atomic mass is 9.63. The van der Waals surface area contributed by atoms with Crippen LogP contribution in [0.2, 0.25) is 0 Å². The van der Waals surface area contributed by atoms with Gasteiger partial charge in [0.25, 0.3) is 0 Å². The monoisotopic (exact) mass is 399 g/mol. The molecule has 5 rings (SSSR count). The molecule has 1 spiro atoms. The third-order valence-corrected chi connectivity index (χ3v) is 9.35. The van der Waals surface area contributed by atoms with Crippen molar-refractivity contribution in [2.24, 2.45) is 17.3 Å². The molecule has 0 aromatic carbocycles. The van der Waals surface area contributed by atoms with Crippen molar-refractivity contribution < 1.29 is 9.84 Å². The van der Waals surface area contributed by atoms with E-state index in [0.29, 0.717) is 11.0 Å². The van der Waals surface area contributed by atoms with Gasteiger partial charge in [0, 0.05) is 12.1 Å². The number of rotatable bonds is 4. The number of fused-ring (bicyclic) bond motifs is 1. The van der Waals surface area contributed by atoms with E-state index in [0.717, 1.165) is 50.9 Å². The fourth-order valence-electron chi connectivity index (χ4n) is 7.30. The Kier molecular flexibility index (Phi) is 5.68. The Morgan fingerprint density at radius 1 is 1.10 bits per heavy atom. The second-order valence-electron chi connectivity index (χ2n) is 11.1. The highest BCUT2D eigenvalue weighted by Crippen LogP contribution is 2.58. The maximum Gasteiger partial charge on any atom is 0.0651 e. The lowest BCUT2D eigenvalue weighted by Gasteiger charge is -2.44. The van der Waals surface area contributed by atoms with Crippen LogP contribution >= 0.6 is 0 Å². The molecule has 0 amide bonds. The Morgan fingerprint density at radius 3 is 2.83 bits per heavy atom. The zero-order valence-corrected chi connectivity index (χ0v) is 18.5. The molecule has 1 N–H and O–H groups in total. The predicted octanol–water partition coefficient (Wildman–Crippen LogP) is 5.25. The summed E-state index contributed by atoms with van der Waals surface area (Å²) in [6.07, 6.45) is 20.0. The summed E-state index contributed by atoms with van der Waals surface area (Å²) in [6, 6.07) is 0. The molecule has 1 heterocycles. The maximum absolute atomic E-state index is 9.98. The summed E-state index contributed by atoms with van der Waals surface area (Å²) in [5, 5.41) is 9.98. The average molecular weight is 400 g/mol. The number of aliphatic hydroxyl groups excluding tert-OH is 1. The Balaban J connectivity index is 1.24. The van der Waals surface area contributed by atoms with Crippen LogP contribution in [0.4, 0.5) is 0 Å². The number of hydrogen-bond donors (Lipinski definition) is 1. The molecule has 0 bridgehead atoms. The highest BCUT2D eigenvalue weighted by atomic mass is 16.5. The van der Waals surface area contributed by atoms with Crippen LogP contribution < -0.4 is 0 Å². The van der Waals surface area contributed by atoms with Gasteiger partial charge in [-0.15, -0.1) is 0 Å². The minimum Gasteiger partial charge on any atom is -0.393 e. The van der Waals surface area contributed by atoms with Gasteiger partial charge >= 0.3 is 0 Å². The largest absolute Gasteiger partial charge is 0.393 e. The van der Waals surface area contributed by atoms with Crippen LogP contribution in [0.3, 0.4) is 0 Å². The molecule has 3 nitrogen and oxygen atoms in total. The van der Waals surface area contributed by atoms with Gasteiger partial charge in [-0.2, -0.15) is 0 Å². The molecule has 2 unspecified atom stereocenters. The number of aliphatic hydroxyl groups is 1. The molecule has 1 saturated heterocycles. The zero-order chi connectivity index (χ0) is 19.9. The second-order valence-corrected chi connectivity index (χ2v) is 11.1. The first-order valence-electron chi connectivity index (χ1n) is 12.5. The van der Waals surface area contributed by atoms with Crippen LogP contribution in [0.5, 0.6) is 0 Å². The van der Waals surface area contributed by atoms with Gasteiger partial charge in [-0.3, -0.25) is 4.90 Å². The van der Waals surface area contributed by atoms with E-state index >= 15 is 0 Å². The molecule has 162 valence electrons. The molecule has 3 heteroatoms. The van der Waals surface area contributed by atoms with Gasteiger partial charge in [0.2, 0.25) is 0 Å². The van der Waals surface area contributed by atoms with Gasteiger partial charge in [-0.25, -0.2) is 0 Å². The van der Waals surface area contributed by atoms with E-state index in [2.05, 4.69) is 24.0 Å². The topological polar surface area (TPSA) is 32.7 Å². The molecule has 4 aliphatic carbocycles. The van der Waals surface area contributed by atoms with Crippen molar-refractivity contribution in [3.8, 4) is 0 Å². The number of morpholine rings is 1. The van der Waals surface area contributed by atoms with E-state index in [1.165, 1.54) is 69.9 Å². The van der Waals surface area contributed by atoms with Crippen molar-refractivity contribution in [3.05, 3.63) is 23.3 Å². The number of ether oxygens (including phenoxy) is 1. The van der Waals surface area contributed by atoms with Crippen molar-refractivity contribution >= 4 is 0 Å². The van der Waals surface area contributed by atoms with Crippen LogP contribution in [0.1, 0.15) is 84.0 Å². The third kappa shape index (κ3) is 4.00. The highest BCUT2D eigenvalue weighted by molar-refractivity contribution is 5.25. The summed E-state index contributed by atoms with van der Waals surface area (Å²) in [6.45, 7) is 6.97. The Hall–Kier alpha value is -0.640. The molecular weight excluding hydrogens is 358 g/mol. The molecule has 5 aliphatic rings.